The van der Waals surface area contributed by atoms with Crippen molar-refractivity contribution in [3.8, 4) is 11.4 Å². The Labute approximate surface area is 185 Å². The maximum atomic E-state index is 6.56. The zero-order chi connectivity index (χ0) is 20.7. The maximum Gasteiger partial charge on any atom is 0.140 e. The van der Waals surface area contributed by atoms with E-state index in [2.05, 4.69) is 15.0 Å². The third-order valence-corrected chi connectivity index (χ3v) is 6.56. The van der Waals surface area contributed by atoms with Gasteiger partial charge in [-0.25, -0.2) is 9.67 Å². The molecule has 0 spiro atoms. The molecule has 3 aromatic rings. The molecule has 30 heavy (non-hydrogen) atoms. The number of nitrogens with two attached hydrogens (primary N) is 1. The number of halogens is 2. The molecule has 1 fully saturated rings. The summed E-state index contributed by atoms with van der Waals surface area (Å²) in [5.41, 5.74) is 9.38. The molecule has 2 N–H and O–H groups in total. The predicted molar refractivity (Wildman–Crippen MR) is 117 cm³/mol. The summed E-state index contributed by atoms with van der Waals surface area (Å²) in [4.78, 5) is 6.44. The number of nitrogens with zero attached hydrogens (tertiary/aromatic N) is 4. The molecule has 0 bridgehead atoms. The highest BCUT2D eigenvalue weighted by atomic mass is 35.5. The second-order valence-corrected chi connectivity index (χ2v) is 8.84. The molecule has 2 aromatic carbocycles. The van der Waals surface area contributed by atoms with Crippen LogP contribution in [0.1, 0.15) is 30.1 Å². The lowest BCUT2D eigenvalue weighted by Gasteiger charge is -2.38. The molecule has 2 heterocycles. The minimum atomic E-state index is -0.154. The van der Waals surface area contributed by atoms with Gasteiger partial charge in [0.25, 0.3) is 0 Å². The van der Waals surface area contributed by atoms with Crippen molar-refractivity contribution in [1.82, 2.24) is 19.7 Å². The summed E-state index contributed by atoms with van der Waals surface area (Å²) in [5, 5.41) is 5.50. The lowest BCUT2D eigenvalue weighted by Crippen LogP contribution is -2.49. The van der Waals surface area contributed by atoms with Gasteiger partial charge in [-0.2, -0.15) is 5.10 Å². The summed E-state index contributed by atoms with van der Waals surface area (Å²) in [6.45, 7) is 1.89. The number of hydrogen-bond acceptors (Lipinski definition) is 5. The number of aromatic nitrogens is 3. The summed E-state index contributed by atoms with van der Waals surface area (Å²) < 4.78 is 8.25. The van der Waals surface area contributed by atoms with Crippen molar-refractivity contribution in [3.05, 3.63) is 70.2 Å². The molecular weight excluding hydrogens is 421 g/mol. The Morgan fingerprint density at radius 3 is 2.70 bits per heavy atom. The highest BCUT2D eigenvalue weighted by Gasteiger charge is 2.40. The van der Waals surface area contributed by atoms with Crippen LogP contribution in [0.15, 0.2) is 49.1 Å². The quantitative estimate of drug-likeness (QED) is 0.658. The normalized spacial score (nSPS) is 24.0. The Balaban J connectivity index is 1.45. The average molecular weight is 444 g/mol. The van der Waals surface area contributed by atoms with Gasteiger partial charge in [0.1, 0.15) is 24.5 Å². The molecule has 1 aliphatic carbocycles. The van der Waals surface area contributed by atoms with Gasteiger partial charge in [-0.15, -0.1) is 0 Å². The smallest absolute Gasteiger partial charge is 0.140 e. The zero-order valence-corrected chi connectivity index (χ0v) is 17.9. The first-order chi connectivity index (χ1) is 14.6. The van der Waals surface area contributed by atoms with E-state index in [1.807, 2.05) is 36.4 Å². The third-order valence-electron chi connectivity index (χ3n) is 6.01. The summed E-state index contributed by atoms with van der Waals surface area (Å²) in [6, 6.07) is 12.0. The number of fused-ring (bicyclic) bond motifs is 1. The number of benzene rings is 2. The Hall–Kier alpha value is -2.12. The molecule has 0 amide bonds. The fraction of sp³-hybridized carbons (Fsp3) is 0.364. The van der Waals surface area contributed by atoms with Crippen molar-refractivity contribution >= 4 is 23.2 Å². The predicted octanol–water partition coefficient (Wildman–Crippen LogP) is 4.04. The van der Waals surface area contributed by atoms with E-state index in [1.54, 1.807) is 11.0 Å². The van der Waals surface area contributed by atoms with E-state index in [-0.39, 0.29) is 18.2 Å². The Bertz CT molecular complexity index is 1020. The van der Waals surface area contributed by atoms with Gasteiger partial charge in [0.2, 0.25) is 0 Å². The van der Waals surface area contributed by atoms with Crippen LogP contribution in [0, 0.1) is 0 Å². The number of likely N-dealkylation sites (tertiary alicyclic amines) is 1. The van der Waals surface area contributed by atoms with Crippen molar-refractivity contribution in [1.29, 1.82) is 0 Å². The molecule has 1 aliphatic heterocycles. The number of ether oxygens (including phenoxy) is 1. The molecule has 3 atom stereocenters. The van der Waals surface area contributed by atoms with Crippen LogP contribution in [-0.2, 0) is 6.42 Å². The van der Waals surface area contributed by atoms with E-state index < -0.39 is 0 Å². The van der Waals surface area contributed by atoms with Crippen LogP contribution < -0.4 is 10.5 Å². The fourth-order valence-corrected chi connectivity index (χ4v) is 5.17. The maximum absolute atomic E-state index is 6.56. The molecule has 156 valence electrons. The molecule has 1 aromatic heterocycles. The van der Waals surface area contributed by atoms with Gasteiger partial charge in [0.15, 0.2) is 0 Å². The lowest BCUT2D eigenvalue weighted by molar-refractivity contribution is 0.0593. The van der Waals surface area contributed by atoms with E-state index in [0.29, 0.717) is 10.0 Å². The summed E-state index contributed by atoms with van der Waals surface area (Å²) in [5.74, 6) is 0.791. The summed E-state index contributed by atoms with van der Waals surface area (Å²) in [7, 11) is 0. The van der Waals surface area contributed by atoms with Crippen molar-refractivity contribution in [3.63, 3.8) is 0 Å². The van der Waals surface area contributed by atoms with Crippen LogP contribution in [0.5, 0.6) is 5.75 Å². The van der Waals surface area contributed by atoms with Crippen LogP contribution in [0.2, 0.25) is 10.0 Å². The van der Waals surface area contributed by atoms with Crippen molar-refractivity contribution in [2.75, 3.05) is 13.1 Å². The summed E-state index contributed by atoms with van der Waals surface area (Å²) in [6.07, 6.45) is 6.03. The first-order valence-electron chi connectivity index (χ1n) is 10.2. The van der Waals surface area contributed by atoms with Crippen LogP contribution in [-0.4, -0.2) is 44.8 Å². The lowest BCUT2D eigenvalue weighted by atomic mass is 10.0. The number of hydrogen-bond donors (Lipinski definition) is 1. The van der Waals surface area contributed by atoms with Gasteiger partial charge >= 0.3 is 0 Å². The average Bonchev–Trinajstić information content (AvgIpc) is 3.38. The monoisotopic (exact) mass is 443 g/mol. The molecule has 2 aliphatic rings. The van der Waals surface area contributed by atoms with E-state index in [9.17, 15) is 0 Å². The first kappa shape index (κ1) is 19.8. The van der Waals surface area contributed by atoms with Crippen molar-refractivity contribution < 1.29 is 4.74 Å². The van der Waals surface area contributed by atoms with E-state index in [4.69, 9.17) is 33.7 Å². The van der Waals surface area contributed by atoms with Crippen LogP contribution >= 0.6 is 23.2 Å². The van der Waals surface area contributed by atoms with Crippen molar-refractivity contribution in [2.45, 2.75) is 37.5 Å². The molecule has 0 radical (unpaired) electrons. The second kappa shape index (κ2) is 8.19. The molecule has 6 nitrogen and oxygen atoms in total. The Morgan fingerprint density at radius 2 is 1.97 bits per heavy atom. The minimum Gasteiger partial charge on any atom is -0.484 e. The van der Waals surface area contributed by atoms with Crippen LogP contribution in [0.4, 0.5) is 0 Å². The third kappa shape index (κ3) is 3.81. The highest BCUT2D eigenvalue weighted by Crippen LogP contribution is 2.43. The van der Waals surface area contributed by atoms with Crippen LogP contribution in [0.3, 0.4) is 0 Å². The standard InChI is InChI=1S/C22H23Cl2N5O/c23-14-8-19-18(20(24)9-14)10-21(28-7-1-2-15(25)11-28)22(19)30-17-5-3-16(4-6-17)29-13-26-12-27-29/h3-6,8-9,12-13,15,21-22H,1-2,7,10-11,25H2/t15?,21-,22-/m0/s1. The topological polar surface area (TPSA) is 69.2 Å². The second-order valence-electron chi connectivity index (χ2n) is 8.00. The first-order valence-corrected chi connectivity index (χ1v) is 10.9. The minimum absolute atomic E-state index is 0.154. The molecule has 8 heteroatoms. The SMILES string of the molecule is NC1CCCN([C@H]2Cc3c(Cl)cc(Cl)cc3[C@@H]2Oc2ccc(-n3cncn3)cc2)C1. The van der Waals surface area contributed by atoms with Gasteiger partial charge in [-0.3, -0.25) is 4.90 Å². The Kier molecular flexibility index (Phi) is 5.41. The van der Waals surface area contributed by atoms with E-state index in [1.165, 1.54) is 6.33 Å². The molecule has 0 saturated carbocycles. The van der Waals surface area contributed by atoms with Gasteiger partial charge in [0, 0.05) is 28.2 Å². The van der Waals surface area contributed by atoms with Gasteiger partial charge in [0.05, 0.1) is 11.7 Å². The van der Waals surface area contributed by atoms with E-state index in [0.717, 1.165) is 54.9 Å². The highest BCUT2D eigenvalue weighted by molar-refractivity contribution is 6.35. The molecule has 1 saturated heterocycles. The molecular formula is C22H23Cl2N5O. The molecule has 5 rings (SSSR count). The van der Waals surface area contributed by atoms with Crippen molar-refractivity contribution in [2.24, 2.45) is 5.73 Å². The van der Waals surface area contributed by atoms with E-state index >= 15 is 0 Å². The fourth-order valence-electron chi connectivity index (χ4n) is 4.59. The molecule has 1 unspecified atom stereocenters. The Morgan fingerprint density at radius 1 is 1.13 bits per heavy atom. The van der Waals surface area contributed by atoms with Gasteiger partial charge in [-0.1, -0.05) is 23.2 Å². The van der Waals surface area contributed by atoms with Crippen LogP contribution in [0.25, 0.3) is 5.69 Å². The van der Waals surface area contributed by atoms with Gasteiger partial charge in [-0.05, 0) is 67.8 Å². The zero-order valence-electron chi connectivity index (χ0n) is 16.4. The van der Waals surface area contributed by atoms with Gasteiger partial charge < -0.3 is 10.5 Å². The number of rotatable bonds is 4. The number of piperidine rings is 1. The summed E-state index contributed by atoms with van der Waals surface area (Å²) >= 11 is 12.9. The largest absolute Gasteiger partial charge is 0.484 e.